The molecule has 0 saturated carbocycles. The molecule has 8 heteroatoms. The molecule has 0 aromatic carbocycles. The molecule has 156 valence electrons. The van der Waals surface area contributed by atoms with E-state index in [1.54, 1.807) is 4.68 Å². The number of ether oxygens (including phenoxy) is 1. The van der Waals surface area contributed by atoms with Crippen molar-refractivity contribution < 1.29 is 9.53 Å². The van der Waals surface area contributed by atoms with Gasteiger partial charge in [-0.2, -0.15) is 5.10 Å². The SMILES string of the molecule is CCNC(=NCCC(=O)N1CCCCC1C)N1CCOC(c2cnn(C)c2)C1. The summed E-state index contributed by atoms with van der Waals surface area (Å²) in [4.78, 5) is 21.5. The Morgan fingerprint density at radius 2 is 2.25 bits per heavy atom. The number of amides is 1. The van der Waals surface area contributed by atoms with Gasteiger partial charge in [-0.05, 0) is 33.1 Å². The molecule has 28 heavy (non-hydrogen) atoms. The van der Waals surface area contributed by atoms with Gasteiger partial charge >= 0.3 is 0 Å². The number of rotatable bonds is 5. The second kappa shape index (κ2) is 9.91. The number of nitrogens with zero attached hydrogens (tertiary/aromatic N) is 5. The third kappa shape index (κ3) is 5.25. The van der Waals surface area contributed by atoms with Crippen LogP contribution in [0.1, 0.15) is 51.2 Å². The molecular weight excluding hydrogens is 356 g/mol. The maximum atomic E-state index is 12.6. The van der Waals surface area contributed by atoms with Gasteiger partial charge in [-0.3, -0.25) is 14.5 Å². The van der Waals surface area contributed by atoms with Crippen molar-refractivity contribution in [2.24, 2.45) is 12.0 Å². The number of nitrogens with one attached hydrogen (secondary N) is 1. The predicted molar refractivity (Wildman–Crippen MR) is 109 cm³/mol. The predicted octanol–water partition coefficient (Wildman–Crippen LogP) is 1.55. The van der Waals surface area contributed by atoms with Crippen molar-refractivity contribution in [3.8, 4) is 0 Å². The minimum Gasteiger partial charge on any atom is -0.370 e. The van der Waals surface area contributed by atoms with Gasteiger partial charge in [0.15, 0.2) is 5.96 Å². The van der Waals surface area contributed by atoms with Crippen molar-refractivity contribution in [2.45, 2.75) is 51.7 Å². The molecule has 2 aliphatic rings. The van der Waals surface area contributed by atoms with E-state index >= 15 is 0 Å². The molecule has 1 aromatic heterocycles. The van der Waals surface area contributed by atoms with E-state index in [0.29, 0.717) is 25.6 Å². The lowest BCUT2D eigenvalue weighted by Gasteiger charge is -2.35. The highest BCUT2D eigenvalue weighted by molar-refractivity contribution is 5.81. The van der Waals surface area contributed by atoms with Crippen LogP contribution < -0.4 is 5.32 Å². The smallest absolute Gasteiger partial charge is 0.224 e. The van der Waals surface area contributed by atoms with Crippen LogP contribution in [0.4, 0.5) is 0 Å². The molecule has 3 heterocycles. The number of hydrogen-bond acceptors (Lipinski definition) is 4. The largest absolute Gasteiger partial charge is 0.370 e. The summed E-state index contributed by atoms with van der Waals surface area (Å²) in [5, 5.41) is 7.61. The van der Waals surface area contributed by atoms with E-state index < -0.39 is 0 Å². The van der Waals surface area contributed by atoms with Crippen molar-refractivity contribution in [3.63, 3.8) is 0 Å². The normalized spacial score (nSPS) is 23.8. The first-order valence-corrected chi connectivity index (χ1v) is 10.5. The van der Waals surface area contributed by atoms with Crippen LogP contribution in [0.5, 0.6) is 0 Å². The summed E-state index contributed by atoms with van der Waals surface area (Å²) < 4.78 is 7.73. The number of morpholine rings is 1. The molecule has 1 aromatic rings. The highest BCUT2D eigenvalue weighted by Gasteiger charge is 2.26. The minimum absolute atomic E-state index is 0.0119. The summed E-state index contributed by atoms with van der Waals surface area (Å²) in [7, 11) is 1.91. The Hall–Kier alpha value is -2.09. The van der Waals surface area contributed by atoms with Crippen LogP contribution in [-0.2, 0) is 16.6 Å². The third-order valence-corrected chi connectivity index (χ3v) is 5.51. The van der Waals surface area contributed by atoms with Crippen molar-refractivity contribution in [1.29, 1.82) is 0 Å². The average molecular weight is 391 g/mol. The first-order valence-electron chi connectivity index (χ1n) is 10.5. The molecule has 2 fully saturated rings. The van der Waals surface area contributed by atoms with Crippen LogP contribution >= 0.6 is 0 Å². The number of piperidine rings is 1. The molecule has 2 aliphatic heterocycles. The van der Waals surface area contributed by atoms with Gasteiger partial charge < -0.3 is 19.9 Å². The molecule has 3 rings (SSSR count). The molecule has 2 atom stereocenters. The van der Waals surface area contributed by atoms with Crippen molar-refractivity contribution in [3.05, 3.63) is 18.0 Å². The van der Waals surface area contributed by atoms with Crippen molar-refractivity contribution in [2.75, 3.05) is 39.3 Å². The maximum absolute atomic E-state index is 12.6. The molecular formula is C20H34N6O2. The van der Waals surface area contributed by atoms with Crippen molar-refractivity contribution in [1.82, 2.24) is 24.9 Å². The van der Waals surface area contributed by atoms with Crippen LogP contribution in [0.2, 0.25) is 0 Å². The number of aryl methyl sites for hydroxylation is 1. The van der Waals surface area contributed by atoms with Crippen LogP contribution in [0.15, 0.2) is 17.4 Å². The summed E-state index contributed by atoms with van der Waals surface area (Å²) in [6.45, 7) is 8.58. The van der Waals surface area contributed by atoms with E-state index in [1.807, 2.05) is 24.3 Å². The molecule has 0 aliphatic carbocycles. The fourth-order valence-electron chi connectivity index (χ4n) is 3.95. The number of guanidine groups is 1. The minimum atomic E-state index is -0.0119. The van der Waals surface area contributed by atoms with Crippen LogP contribution in [0, 0.1) is 0 Å². The van der Waals surface area contributed by atoms with Crippen LogP contribution in [-0.4, -0.2) is 76.8 Å². The zero-order chi connectivity index (χ0) is 19.9. The number of carbonyl (C=O) groups is 1. The molecule has 0 bridgehead atoms. The Bertz CT molecular complexity index is 673. The topological polar surface area (TPSA) is 75.0 Å². The molecule has 1 amide bonds. The Kier molecular flexibility index (Phi) is 7.30. The molecule has 0 radical (unpaired) electrons. The van der Waals surface area contributed by atoms with Gasteiger partial charge in [-0.25, -0.2) is 0 Å². The molecule has 8 nitrogen and oxygen atoms in total. The van der Waals surface area contributed by atoms with Crippen LogP contribution in [0.3, 0.4) is 0 Å². The van der Waals surface area contributed by atoms with Gasteiger partial charge in [0.05, 0.1) is 25.9 Å². The Morgan fingerprint density at radius 1 is 1.39 bits per heavy atom. The fourth-order valence-corrected chi connectivity index (χ4v) is 3.95. The zero-order valence-corrected chi connectivity index (χ0v) is 17.4. The lowest BCUT2D eigenvalue weighted by molar-refractivity contribution is -0.134. The standard InChI is InChI=1S/C20H34N6O2/c1-4-21-20(22-9-8-19(27)26-10-6-5-7-16(26)2)25-11-12-28-18(15-25)17-13-23-24(3)14-17/h13-14,16,18H,4-12,15H2,1-3H3,(H,21,22). The van der Waals surface area contributed by atoms with E-state index in [1.165, 1.54) is 6.42 Å². The van der Waals surface area contributed by atoms with E-state index in [0.717, 1.165) is 50.5 Å². The van der Waals surface area contributed by atoms with Gasteiger partial charge in [-0.1, -0.05) is 0 Å². The summed E-state index contributed by atoms with van der Waals surface area (Å²) >= 11 is 0. The lowest BCUT2D eigenvalue weighted by atomic mass is 10.0. The molecule has 2 saturated heterocycles. The Morgan fingerprint density at radius 3 is 2.96 bits per heavy atom. The second-order valence-corrected chi connectivity index (χ2v) is 7.67. The van der Waals surface area contributed by atoms with E-state index in [9.17, 15) is 4.79 Å². The summed E-state index contributed by atoms with van der Waals surface area (Å²) in [6.07, 6.45) is 7.76. The Labute approximate surface area is 167 Å². The highest BCUT2D eigenvalue weighted by Crippen LogP contribution is 2.22. The molecule has 2 unspecified atom stereocenters. The van der Waals surface area contributed by atoms with Crippen molar-refractivity contribution >= 4 is 11.9 Å². The first kappa shape index (κ1) is 20.6. The highest BCUT2D eigenvalue weighted by atomic mass is 16.5. The van der Waals surface area contributed by atoms with Gasteiger partial charge in [0.2, 0.25) is 5.91 Å². The lowest BCUT2D eigenvalue weighted by Crippen LogP contribution is -2.48. The Balaban J connectivity index is 1.57. The summed E-state index contributed by atoms with van der Waals surface area (Å²) in [6, 6.07) is 0.359. The zero-order valence-electron chi connectivity index (χ0n) is 17.4. The number of hydrogen-bond donors (Lipinski definition) is 1. The maximum Gasteiger partial charge on any atom is 0.224 e. The quantitative estimate of drug-likeness (QED) is 0.610. The van der Waals surface area contributed by atoms with E-state index in [-0.39, 0.29) is 12.0 Å². The monoisotopic (exact) mass is 390 g/mol. The second-order valence-electron chi connectivity index (χ2n) is 7.67. The number of aromatic nitrogens is 2. The summed E-state index contributed by atoms with van der Waals surface area (Å²) in [5.74, 6) is 1.08. The van der Waals surface area contributed by atoms with Gasteiger partial charge in [0, 0.05) is 50.9 Å². The van der Waals surface area contributed by atoms with Gasteiger partial charge in [-0.15, -0.1) is 0 Å². The third-order valence-electron chi connectivity index (χ3n) is 5.51. The number of carbonyl (C=O) groups excluding carboxylic acids is 1. The number of aliphatic imine (C=N–C) groups is 1. The number of likely N-dealkylation sites (tertiary alicyclic amines) is 1. The van der Waals surface area contributed by atoms with E-state index in [4.69, 9.17) is 9.73 Å². The van der Waals surface area contributed by atoms with E-state index in [2.05, 4.69) is 29.2 Å². The van der Waals surface area contributed by atoms with Gasteiger partial charge in [0.25, 0.3) is 0 Å². The fraction of sp³-hybridized carbons (Fsp3) is 0.750. The average Bonchev–Trinajstić information content (AvgIpc) is 3.14. The summed E-state index contributed by atoms with van der Waals surface area (Å²) in [5.41, 5.74) is 1.08. The van der Waals surface area contributed by atoms with Gasteiger partial charge in [0.1, 0.15) is 6.10 Å². The van der Waals surface area contributed by atoms with Crippen LogP contribution in [0.25, 0.3) is 0 Å². The molecule has 0 spiro atoms. The first-order chi connectivity index (χ1) is 13.6. The molecule has 1 N–H and O–H groups in total.